The largest absolute Gasteiger partial charge is 0.497 e. The predicted octanol–water partition coefficient (Wildman–Crippen LogP) is 6.27. The van der Waals surface area contributed by atoms with E-state index in [0.29, 0.717) is 49.9 Å². The van der Waals surface area contributed by atoms with E-state index in [-0.39, 0.29) is 17.4 Å². The summed E-state index contributed by atoms with van der Waals surface area (Å²) in [6.07, 6.45) is 8.21. The van der Waals surface area contributed by atoms with E-state index in [9.17, 15) is 9.59 Å². The van der Waals surface area contributed by atoms with Crippen LogP contribution in [0.5, 0.6) is 11.5 Å². The molecule has 4 aromatic rings. The third kappa shape index (κ3) is 7.74. The summed E-state index contributed by atoms with van der Waals surface area (Å²) < 4.78 is 16.7. The zero-order valence-corrected chi connectivity index (χ0v) is 29.9. The number of amides is 2. The molecular weight excluding hydrogens is 634 g/mol. The number of benzene rings is 1. The van der Waals surface area contributed by atoms with Crippen LogP contribution < -0.4 is 14.4 Å². The van der Waals surface area contributed by atoms with Crippen molar-refractivity contribution in [3.05, 3.63) is 66.2 Å². The molecule has 0 unspecified atom stereocenters. The summed E-state index contributed by atoms with van der Waals surface area (Å²) in [6.45, 7) is 11.2. The van der Waals surface area contributed by atoms with Crippen molar-refractivity contribution in [1.29, 1.82) is 0 Å². The van der Waals surface area contributed by atoms with Gasteiger partial charge in [-0.25, -0.2) is 14.8 Å². The van der Waals surface area contributed by atoms with Crippen LogP contribution in [-0.2, 0) is 22.6 Å². The first kappa shape index (κ1) is 34.8. The molecule has 50 heavy (non-hydrogen) atoms. The number of anilines is 1. The predicted molar refractivity (Wildman–Crippen MR) is 191 cm³/mol. The Morgan fingerprint density at radius 3 is 2.36 bits per heavy atom. The molecule has 0 bridgehead atoms. The topological polar surface area (TPSA) is 123 Å². The van der Waals surface area contributed by atoms with Gasteiger partial charge in [0.2, 0.25) is 5.91 Å². The summed E-state index contributed by atoms with van der Waals surface area (Å²) in [6, 6.07) is 11.5. The molecule has 2 aliphatic rings. The molecule has 2 saturated heterocycles. The second kappa shape index (κ2) is 14.5. The van der Waals surface area contributed by atoms with Crippen molar-refractivity contribution in [1.82, 2.24) is 29.7 Å². The number of fused-ring (bicyclic) bond motifs is 1. The van der Waals surface area contributed by atoms with Crippen molar-refractivity contribution < 1.29 is 23.8 Å². The first-order valence-corrected chi connectivity index (χ1v) is 17.3. The van der Waals surface area contributed by atoms with Gasteiger partial charge >= 0.3 is 6.09 Å². The Bertz CT molecular complexity index is 1840. The van der Waals surface area contributed by atoms with Crippen LogP contribution in [-0.4, -0.2) is 87.7 Å². The van der Waals surface area contributed by atoms with E-state index in [1.807, 2.05) is 69.0 Å². The molecule has 0 atom stereocenters. The summed E-state index contributed by atoms with van der Waals surface area (Å²) in [5.74, 6) is 2.80. The fourth-order valence-corrected chi connectivity index (χ4v) is 6.87. The number of hydrogen-bond donors (Lipinski definition) is 0. The molecular formula is C38H47N7O5. The van der Waals surface area contributed by atoms with Crippen LogP contribution in [0.1, 0.15) is 64.6 Å². The van der Waals surface area contributed by atoms with Crippen LogP contribution in [0.15, 0.2) is 55.0 Å². The molecule has 0 radical (unpaired) electrons. The third-order valence-corrected chi connectivity index (χ3v) is 9.63. The molecule has 0 N–H and O–H groups in total. The Kier molecular flexibility index (Phi) is 10.1. The van der Waals surface area contributed by atoms with E-state index in [1.54, 1.807) is 37.7 Å². The van der Waals surface area contributed by atoms with Gasteiger partial charge in [0.15, 0.2) is 5.82 Å². The van der Waals surface area contributed by atoms with Gasteiger partial charge < -0.3 is 28.9 Å². The molecule has 2 amide bonds. The highest BCUT2D eigenvalue weighted by atomic mass is 16.6. The van der Waals surface area contributed by atoms with Crippen molar-refractivity contribution in [3.8, 4) is 22.9 Å². The zero-order valence-electron chi connectivity index (χ0n) is 29.9. The number of ether oxygens (including phenoxy) is 3. The van der Waals surface area contributed by atoms with Crippen LogP contribution in [0, 0.1) is 5.41 Å². The molecule has 3 aromatic heterocycles. The summed E-state index contributed by atoms with van der Waals surface area (Å²) in [5.41, 5.74) is 2.76. The molecule has 2 fully saturated rings. The highest BCUT2D eigenvalue weighted by molar-refractivity contribution is 5.91. The van der Waals surface area contributed by atoms with Crippen molar-refractivity contribution in [3.63, 3.8) is 0 Å². The van der Waals surface area contributed by atoms with Crippen molar-refractivity contribution >= 4 is 28.7 Å². The average molecular weight is 682 g/mol. The van der Waals surface area contributed by atoms with Crippen molar-refractivity contribution in [2.45, 2.75) is 72.1 Å². The number of pyridine rings is 2. The van der Waals surface area contributed by atoms with Gasteiger partial charge in [-0.1, -0.05) is 6.92 Å². The number of methoxy groups -OCH3 is 2. The molecule has 1 aromatic carbocycles. The lowest BCUT2D eigenvalue weighted by Gasteiger charge is -2.40. The third-order valence-electron chi connectivity index (χ3n) is 9.63. The first-order valence-electron chi connectivity index (χ1n) is 17.3. The van der Waals surface area contributed by atoms with Gasteiger partial charge in [-0.05, 0) is 75.8 Å². The molecule has 0 saturated carbocycles. The normalized spacial score (nSPS) is 15.7. The minimum absolute atomic E-state index is 0.00703. The van der Waals surface area contributed by atoms with E-state index in [0.717, 1.165) is 65.9 Å². The number of carbonyl (C=O) groups is 2. The Balaban J connectivity index is 1.28. The first-order chi connectivity index (χ1) is 24.0. The zero-order chi connectivity index (χ0) is 35.5. The van der Waals surface area contributed by atoms with Crippen LogP contribution >= 0.6 is 0 Å². The second-order valence-electron chi connectivity index (χ2n) is 14.2. The van der Waals surface area contributed by atoms with E-state index in [2.05, 4.69) is 9.88 Å². The molecule has 6 rings (SSSR count). The minimum Gasteiger partial charge on any atom is -0.497 e. The number of carbonyl (C=O) groups excluding carboxylic acids is 2. The number of aromatic nitrogens is 4. The van der Waals surface area contributed by atoms with Crippen molar-refractivity contribution in [2.75, 3.05) is 45.3 Å². The Morgan fingerprint density at radius 1 is 0.940 bits per heavy atom. The molecule has 12 heteroatoms. The van der Waals surface area contributed by atoms with E-state index in [4.69, 9.17) is 29.2 Å². The monoisotopic (exact) mass is 681 g/mol. The standard InChI is InChI=1S/C38H47N7O5/c1-7-33(46)45(23-27-8-9-29(48-5)21-32(27)49-6)24-28-20-30-31(22-40-28)41-34(26-10-15-39-16-11-26)42-35(30)43-17-12-38(13-18-43)14-19-44(25-38)36(47)50-37(2,3)4/h8-11,15-16,20-22H,7,12-14,17-19,23-25H2,1-6H3. The van der Waals surface area contributed by atoms with Gasteiger partial charge in [-0.2, -0.15) is 0 Å². The summed E-state index contributed by atoms with van der Waals surface area (Å²) >= 11 is 0. The van der Waals surface area contributed by atoms with Gasteiger partial charge in [0.25, 0.3) is 0 Å². The maximum atomic E-state index is 13.2. The van der Waals surface area contributed by atoms with Gasteiger partial charge in [0, 0.05) is 74.1 Å². The van der Waals surface area contributed by atoms with E-state index in [1.165, 1.54) is 0 Å². The van der Waals surface area contributed by atoms with Crippen LogP contribution in [0.25, 0.3) is 22.3 Å². The lowest BCUT2D eigenvalue weighted by Crippen LogP contribution is -2.43. The summed E-state index contributed by atoms with van der Waals surface area (Å²) in [7, 11) is 3.23. The summed E-state index contributed by atoms with van der Waals surface area (Å²) in [5, 5.41) is 0.886. The fraction of sp³-hybridized carbons (Fsp3) is 0.474. The van der Waals surface area contributed by atoms with Crippen LogP contribution in [0.2, 0.25) is 0 Å². The quantitative estimate of drug-likeness (QED) is 0.200. The van der Waals surface area contributed by atoms with Crippen LogP contribution in [0.4, 0.5) is 10.6 Å². The second-order valence-corrected chi connectivity index (χ2v) is 14.2. The lowest BCUT2D eigenvalue weighted by molar-refractivity contribution is -0.132. The van der Waals surface area contributed by atoms with Gasteiger partial charge in [-0.3, -0.25) is 14.8 Å². The molecule has 5 heterocycles. The number of rotatable bonds is 9. The Hall–Kier alpha value is -5.00. The Labute approximate surface area is 293 Å². The van der Waals surface area contributed by atoms with Gasteiger partial charge in [-0.15, -0.1) is 0 Å². The lowest BCUT2D eigenvalue weighted by atomic mass is 9.78. The summed E-state index contributed by atoms with van der Waals surface area (Å²) in [4.78, 5) is 51.1. The number of piperidine rings is 1. The molecule has 264 valence electrons. The van der Waals surface area contributed by atoms with Crippen LogP contribution in [0.3, 0.4) is 0 Å². The molecule has 1 spiro atoms. The molecule has 12 nitrogen and oxygen atoms in total. The van der Waals surface area contributed by atoms with E-state index >= 15 is 0 Å². The fourth-order valence-electron chi connectivity index (χ4n) is 6.87. The molecule has 2 aliphatic heterocycles. The number of likely N-dealkylation sites (tertiary alicyclic amines) is 1. The van der Waals surface area contributed by atoms with Gasteiger partial charge in [0.1, 0.15) is 22.9 Å². The minimum atomic E-state index is -0.520. The smallest absolute Gasteiger partial charge is 0.410 e. The Morgan fingerprint density at radius 2 is 1.68 bits per heavy atom. The SMILES string of the molecule is CCC(=O)N(Cc1cc2c(N3CCC4(CCN(C(=O)OC(C)(C)C)C4)CC3)nc(-c3ccncc3)nc2cn1)Cc1ccc(OC)cc1OC. The molecule has 0 aliphatic carbocycles. The van der Waals surface area contributed by atoms with E-state index < -0.39 is 5.60 Å². The maximum absolute atomic E-state index is 13.2. The highest BCUT2D eigenvalue weighted by Gasteiger charge is 2.43. The number of hydrogen-bond acceptors (Lipinski definition) is 10. The van der Waals surface area contributed by atoms with Gasteiger partial charge in [0.05, 0.1) is 38.2 Å². The highest BCUT2D eigenvalue weighted by Crippen LogP contribution is 2.42. The maximum Gasteiger partial charge on any atom is 0.410 e. The average Bonchev–Trinajstić information content (AvgIpc) is 3.54. The number of nitrogens with zero attached hydrogens (tertiary/aromatic N) is 7. The van der Waals surface area contributed by atoms with Crippen molar-refractivity contribution in [2.24, 2.45) is 5.41 Å².